The summed E-state index contributed by atoms with van der Waals surface area (Å²) < 4.78 is 11.3. The van der Waals surface area contributed by atoms with Crippen LogP contribution in [0.2, 0.25) is 0 Å². The summed E-state index contributed by atoms with van der Waals surface area (Å²) in [5.41, 5.74) is 1.86. The summed E-state index contributed by atoms with van der Waals surface area (Å²) in [6.45, 7) is 2.65. The number of likely N-dealkylation sites (tertiary alicyclic amines) is 1. The first-order valence-corrected chi connectivity index (χ1v) is 8.39. The molecule has 0 aliphatic carbocycles. The third-order valence-electron chi connectivity index (χ3n) is 4.26. The van der Waals surface area contributed by atoms with Crippen LogP contribution < -0.4 is 4.74 Å². The number of hydrogen-bond acceptors (Lipinski definition) is 7. The van der Waals surface area contributed by atoms with E-state index in [1.54, 1.807) is 30.9 Å². The summed E-state index contributed by atoms with van der Waals surface area (Å²) >= 11 is 0. The number of ether oxygens (including phenoxy) is 1. The van der Waals surface area contributed by atoms with Crippen molar-refractivity contribution < 1.29 is 9.26 Å². The van der Waals surface area contributed by atoms with Crippen molar-refractivity contribution in [3.05, 3.63) is 54.8 Å². The molecule has 0 bridgehead atoms. The van der Waals surface area contributed by atoms with Gasteiger partial charge in [0, 0.05) is 49.5 Å². The van der Waals surface area contributed by atoms with Gasteiger partial charge in [0.15, 0.2) is 5.76 Å². The zero-order chi connectivity index (χ0) is 16.9. The van der Waals surface area contributed by atoms with Crippen molar-refractivity contribution in [2.75, 3.05) is 13.1 Å². The van der Waals surface area contributed by atoms with Gasteiger partial charge in [-0.25, -0.2) is 9.97 Å². The third kappa shape index (κ3) is 4.00. The second kappa shape index (κ2) is 7.40. The molecule has 7 nitrogen and oxygen atoms in total. The monoisotopic (exact) mass is 337 g/mol. The van der Waals surface area contributed by atoms with Crippen molar-refractivity contribution in [1.29, 1.82) is 0 Å². The summed E-state index contributed by atoms with van der Waals surface area (Å²) in [6, 6.07) is 8.09. The SMILES string of the molecule is c1cnc(OC2CCN(Cc3cc(-c4ccncc4)no3)CC2)nc1. The second-order valence-electron chi connectivity index (χ2n) is 6.04. The van der Waals surface area contributed by atoms with Gasteiger partial charge in [-0.1, -0.05) is 5.16 Å². The second-order valence-corrected chi connectivity index (χ2v) is 6.04. The van der Waals surface area contributed by atoms with Crippen LogP contribution in [0.1, 0.15) is 18.6 Å². The van der Waals surface area contributed by atoms with Gasteiger partial charge >= 0.3 is 6.01 Å². The Morgan fingerprint density at radius 1 is 1.08 bits per heavy atom. The number of pyridine rings is 1. The van der Waals surface area contributed by atoms with Crippen molar-refractivity contribution in [1.82, 2.24) is 25.0 Å². The van der Waals surface area contributed by atoms with E-state index in [1.807, 2.05) is 18.2 Å². The fraction of sp³-hybridized carbons (Fsp3) is 0.333. The Hall–Kier alpha value is -2.80. The summed E-state index contributed by atoms with van der Waals surface area (Å²) in [4.78, 5) is 14.6. The van der Waals surface area contributed by atoms with Gasteiger partial charge in [0.2, 0.25) is 0 Å². The Labute approximate surface area is 145 Å². The minimum Gasteiger partial charge on any atom is -0.460 e. The molecule has 0 atom stereocenters. The minimum absolute atomic E-state index is 0.167. The highest BCUT2D eigenvalue weighted by molar-refractivity contribution is 5.57. The lowest BCUT2D eigenvalue weighted by Gasteiger charge is -2.30. The fourth-order valence-electron chi connectivity index (χ4n) is 2.95. The molecule has 1 aliphatic rings. The van der Waals surface area contributed by atoms with Gasteiger partial charge in [0.25, 0.3) is 0 Å². The van der Waals surface area contributed by atoms with Crippen molar-refractivity contribution in [2.24, 2.45) is 0 Å². The van der Waals surface area contributed by atoms with Crippen molar-refractivity contribution in [3.63, 3.8) is 0 Å². The van der Waals surface area contributed by atoms with Gasteiger partial charge in [-0.05, 0) is 31.0 Å². The van der Waals surface area contributed by atoms with E-state index in [0.717, 1.165) is 49.5 Å². The topological polar surface area (TPSA) is 77.2 Å². The quantitative estimate of drug-likeness (QED) is 0.708. The van der Waals surface area contributed by atoms with Crippen LogP contribution >= 0.6 is 0 Å². The molecule has 0 unspecified atom stereocenters. The van der Waals surface area contributed by atoms with E-state index in [0.29, 0.717) is 6.01 Å². The number of nitrogens with zero attached hydrogens (tertiary/aromatic N) is 5. The van der Waals surface area contributed by atoms with Crippen LogP contribution in [0, 0.1) is 0 Å². The molecule has 4 rings (SSSR count). The molecule has 0 saturated carbocycles. The Morgan fingerprint density at radius 3 is 2.60 bits per heavy atom. The molecule has 0 aromatic carbocycles. The first-order chi connectivity index (χ1) is 12.4. The average molecular weight is 337 g/mol. The van der Waals surface area contributed by atoms with Crippen LogP contribution in [0.4, 0.5) is 0 Å². The normalized spacial score (nSPS) is 16.0. The molecular weight excluding hydrogens is 318 g/mol. The number of aromatic nitrogens is 4. The molecule has 0 amide bonds. The Kier molecular flexibility index (Phi) is 4.65. The lowest BCUT2D eigenvalue weighted by Crippen LogP contribution is -2.37. The minimum atomic E-state index is 0.167. The molecule has 25 heavy (non-hydrogen) atoms. The highest BCUT2D eigenvalue weighted by Crippen LogP contribution is 2.21. The lowest BCUT2D eigenvalue weighted by atomic mass is 10.1. The van der Waals surface area contributed by atoms with Crippen LogP contribution in [0.15, 0.2) is 53.6 Å². The van der Waals surface area contributed by atoms with E-state index in [-0.39, 0.29) is 6.10 Å². The summed E-state index contributed by atoms with van der Waals surface area (Å²) in [7, 11) is 0. The van der Waals surface area contributed by atoms with E-state index in [2.05, 4.69) is 25.0 Å². The molecule has 3 aromatic rings. The predicted octanol–water partition coefficient (Wildman–Crippen LogP) is 2.57. The highest BCUT2D eigenvalue weighted by atomic mass is 16.5. The third-order valence-corrected chi connectivity index (χ3v) is 4.26. The zero-order valence-corrected chi connectivity index (χ0v) is 13.8. The summed E-state index contributed by atoms with van der Waals surface area (Å²) in [5, 5.41) is 4.15. The maximum atomic E-state index is 5.83. The largest absolute Gasteiger partial charge is 0.460 e. The molecule has 128 valence electrons. The fourth-order valence-corrected chi connectivity index (χ4v) is 2.95. The molecule has 7 heteroatoms. The van der Waals surface area contributed by atoms with Gasteiger partial charge in [0.05, 0.1) is 6.54 Å². The first kappa shape index (κ1) is 15.7. The van der Waals surface area contributed by atoms with Crippen molar-refractivity contribution >= 4 is 0 Å². The van der Waals surface area contributed by atoms with Gasteiger partial charge in [-0.2, -0.15) is 0 Å². The van der Waals surface area contributed by atoms with E-state index in [9.17, 15) is 0 Å². The summed E-state index contributed by atoms with van der Waals surface area (Å²) in [6.07, 6.45) is 8.97. The Balaban J connectivity index is 1.30. The number of hydrogen-bond donors (Lipinski definition) is 0. The molecule has 1 saturated heterocycles. The first-order valence-electron chi connectivity index (χ1n) is 8.39. The van der Waals surface area contributed by atoms with Crippen molar-refractivity contribution in [3.8, 4) is 17.3 Å². The van der Waals surface area contributed by atoms with Gasteiger partial charge in [-0.3, -0.25) is 9.88 Å². The van der Waals surface area contributed by atoms with Crippen molar-refractivity contribution in [2.45, 2.75) is 25.5 Å². The molecule has 0 radical (unpaired) electrons. The smallest absolute Gasteiger partial charge is 0.316 e. The molecular formula is C18H19N5O2. The maximum absolute atomic E-state index is 5.83. The molecule has 4 heterocycles. The van der Waals surface area contributed by atoms with Gasteiger partial charge in [-0.15, -0.1) is 0 Å². The van der Waals surface area contributed by atoms with Crippen LogP contribution in [-0.2, 0) is 6.54 Å². The highest BCUT2D eigenvalue weighted by Gasteiger charge is 2.22. The van der Waals surface area contributed by atoms with E-state index in [4.69, 9.17) is 9.26 Å². The van der Waals surface area contributed by atoms with Gasteiger partial charge < -0.3 is 9.26 Å². The summed E-state index contributed by atoms with van der Waals surface area (Å²) in [5.74, 6) is 0.873. The average Bonchev–Trinajstić information content (AvgIpc) is 3.14. The standard InChI is InChI=1S/C18H19N5O2/c1-6-20-18(21-7-1)24-15-4-10-23(11-5-15)13-16-12-17(22-25-16)14-2-8-19-9-3-14/h1-3,6-9,12,15H,4-5,10-11,13H2. The molecule has 1 fully saturated rings. The molecule has 1 aliphatic heterocycles. The van der Waals surface area contributed by atoms with E-state index in [1.165, 1.54) is 0 Å². The van der Waals surface area contributed by atoms with Crippen LogP contribution in [0.25, 0.3) is 11.3 Å². The van der Waals surface area contributed by atoms with Gasteiger partial charge in [0.1, 0.15) is 11.8 Å². The predicted molar refractivity (Wildman–Crippen MR) is 90.7 cm³/mol. The maximum Gasteiger partial charge on any atom is 0.316 e. The molecule has 0 spiro atoms. The van der Waals surface area contributed by atoms with E-state index < -0.39 is 0 Å². The molecule has 3 aromatic heterocycles. The Bertz CT molecular complexity index is 785. The van der Waals surface area contributed by atoms with E-state index >= 15 is 0 Å². The number of rotatable bonds is 5. The van der Waals surface area contributed by atoms with Crippen LogP contribution in [0.3, 0.4) is 0 Å². The van der Waals surface area contributed by atoms with Crippen LogP contribution in [-0.4, -0.2) is 44.2 Å². The number of piperidine rings is 1. The van der Waals surface area contributed by atoms with Crippen LogP contribution in [0.5, 0.6) is 6.01 Å². The lowest BCUT2D eigenvalue weighted by molar-refractivity contribution is 0.0845. The zero-order valence-electron chi connectivity index (χ0n) is 13.8. The Morgan fingerprint density at radius 2 is 1.84 bits per heavy atom. The molecule has 0 N–H and O–H groups in total.